The molecule has 1 N–H and O–H groups in total. The Kier molecular flexibility index (Phi) is 5.14. The Morgan fingerprint density at radius 3 is 2.56 bits per heavy atom. The van der Waals surface area contributed by atoms with Crippen LogP contribution in [0.3, 0.4) is 0 Å². The van der Waals surface area contributed by atoms with Gasteiger partial charge in [-0.3, -0.25) is 19.8 Å². The van der Waals surface area contributed by atoms with Crippen molar-refractivity contribution in [2.24, 2.45) is 0 Å². The van der Waals surface area contributed by atoms with Crippen molar-refractivity contribution in [3.63, 3.8) is 0 Å². The van der Waals surface area contributed by atoms with Crippen molar-refractivity contribution < 1.29 is 9.72 Å². The van der Waals surface area contributed by atoms with Crippen LogP contribution in [0.2, 0.25) is 0 Å². The van der Waals surface area contributed by atoms with E-state index in [0.29, 0.717) is 11.6 Å². The van der Waals surface area contributed by atoms with Gasteiger partial charge in [0.15, 0.2) is 0 Å². The van der Waals surface area contributed by atoms with Crippen LogP contribution in [-0.4, -0.2) is 58.4 Å². The SMILES string of the molecule is O=C(CN1CCN(c2ncccn2)CC1)Nc1cccc([N+](=O)[O-])c1. The van der Waals surface area contributed by atoms with Crippen LogP contribution in [0.1, 0.15) is 0 Å². The van der Waals surface area contributed by atoms with Crippen molar-refractivity contribution >= 4 is 23.2 Å². The third-order valence-electron chi connectivity index (χ3n) is 3.92. The smallest absolute Gasteiger partial charge is 0.271 e. The maximum atomic E-state index is 12.2. The molecule has 0 bridgehead atoms. The van der Waals surface area contributed by atoms with Gasteiger partial charge in [0.1, 0.15) is 0 Å². The van der Waals surface area contributed by atoms with Gasteiger partial charge in [0.05, 0.1) is 11.5 Å². The second kappa shape index (κ2) is 7.67. The second-order valence-corrected chi connectivity index (χ2v) is 5.67. The molecule has 25 heavy (non-hydrogen) atoms. The quantitative estimate of drug-likeness (QED) is 0.642. The molecule has 1 aliphatic heterocycles. The molecular weight excluding hydrogens is 324 g/mol. The first-order valence-electron chi connectivity index (χ1n) is 7.90. The van der Waals surface area contributed by atoms with Crippen LogP contribution in [0, 0.1) is 10.1 Å². The van der Waals surface area contributed by atoms with Gasteiger partial charge in [-0.05, 0) is 12.1 Å². The number of amides is 1. The minimum Gasteiger partial charge on any atom is -0.338 e. The van der Waals surface area contributed by atoms with Crippen molar-refractivity contribution in [1.82, 2.24) is 14.9 Å². The normalized spacial score (nSPS) is 15.0. The average Bonchev–Trinajstić information content (AvgIpc) is 2.63. The van der Waals surface area contributed by atoms with Gasteiger partial charge in [-0.25, -0.2) is 9.97 Å². The highest BCUT2D eigenvalue weighted by Crippen LogP contribution is 2.17. The fraction of sp³-hybridized carbons (Fsp3) is 0.312. The number of nitro benzene ring substituents is 1. The lowest BCUT2D eigenvalue weighted by Crippen LogP contribution is -2.49. The summed E-state index contributed by atoms with van der Waals surface area (Å²) in [6.07, 6.45) is 3.42. The monoisotopic (exact) mass is 342 g/mol. The molecular formula is C16H18N6O3. The summed E-state index contributed by atoms with van der Waals surface area (Å²) in [4.78, 5) is 35.0. The first kappa shape index (κ1) is 16.8. The summed E-state index contributed by atoms with van der Waals surface area (Å²) >= 11 is 0. The Balaban J connectivity index is 1.49. The Morgan fingerprint density at radius 2 is 1.88 bits per heavy atom. The van der Waals surface area contributed by atoms with E-state index in [-0.39, 0.29) is 18.1 Å². The predicted molar refractivity (Wildman–Crippen MR) is 92.4 cm³/mol. The highest BCUT2D eigenvalue weighted by molar-refractivity contribution is 5.92. The Morgan fingerprint density at radius 1 is 1.16 bits per heavy atom. The lowest BCUT2D eigenvalue weighted by atomic mass is 10.2. The molecule has 1 fully saturated rings. The van der Waals surface area contributed by atoms with Crippen molar-refractivity contribution in [1.29, 1.82) is 0 Å². The zero-order chi connectivity index (χ0) is 17.6. The van der Waals surface area contributed by atoms with Gasteiger partial charge in [-0.15, -0.1) is 0 Å². The number of nitrogens with one attached hydrogen (secondary N) is 1. The van der Waals surface area contributed by atoms with E-state index in [9.17, 15) is 14.9 Å². The molecule has 0 spiro atoms. The van der Waals surface area contributed by atoms with Gasteiger partial charge >= 0.3 is 0 Å². The van der Waals surface area contributed by atoms with E-state index in [1.165, 1.54) is 12.1 Å². The maximum absolute atomic E-state index is 12.2. The van der Waals surface area contributed by atoms with Gasteiger partial charge in [0, 0.05) is 56.4 Å². The van der Waals surface area contributed by atoms with Gasteiger partial charge in [0.25, 0.3) is 5.69 Å². The molecule has 1 saturated heterocycles. The molecule has 0 aliphatic carbocycles. The number of piperazine rings is 1. The number of non-ortho nitro benzene ring substituents is 1. The molecule has 0 atom stereocenters. The second-order valence-electron chi connectivity index (χ2n) is 5.67. The Bertz CT molecular complexity index is 747. The number of anilines is 2. The van der Waals surface area contributed by atoms with Gasteiger partial charge < -0.3 is 10.2 Å². The third-order valence-corrected chi connectivity index (χ3v) is 3.92. The number of nitrogens with zero attached hydrogens (tertiary/aromatic N) is 5. The molecule has 9 nitrogen and oxygen atoms in total. The summed E-state index contributed by atoms with van der Waals surface area (Å²) in [7, 11) is 0. The van der Waals surface area contributed by atoms with Crippen molar-refractivity contribution in [2.75, 3.05) is 42.9 Å². The van der Waals surface area contributed by atoms with Gasteiger partial charge in [0.2, 0.25) is 11.9 Å². The molecule has 1 aromatic carbocycles. The van der Waals surface area contributed by atoms with E-state index in [0.717, 1.165) is 26.2 Å². The molecule has 3 rings (SSSR count). The number of hydrogen-bond donors (Lipinski definition) is 1. The summed E-state index contributed by atoms with van der Waals surface area (Å²) < 4.78 is 0. The lowest BCUT2D eigenvalue weighted by Gasteiger charge is -2.34. The van der Waals surface area contributed by atoms with Crippen molar-refractivity contribution in [2.45, 2.75) is 0 Å². The molecule has 0 saturated carbocycles. The molecule has 2 aromatic rings. The van der Waals surface area contributed by atoms with Crippen LogP contribution in [0.5, 0.6) is 0 Å². The van der Waals surface area contributed by atoms with Crippen LogP contribution in [0.15, 0.2) is 42.7 Å². The largest absolute Gasteiger partial charge is 0.338 e. The molecule has 9 heteroatoms. The van der Waals surface area contributed by atoms with Crippen LogP contribution < -0.4 is 10.2 Å². The summed E-state index contributed by atoms with van der Waals surface area (Å²) in [5.41, 5.74) is 0.379. The van der Waals surface area contributed by atoms with E-state index in [4.69, 9.17) is 0 Å². The number of benzene rings is 1. The predicted octanol–water partition coefficient (Wildman–Crippen LogP) is 1.15. The standard InChI is InChI=1S/C16H18N6O3/c23-15(19-13-3-1-4-14(11-13)22(24)25)12-20-7-9-21(10-8-20)16-17-5-2-6-18-16/h1-6,11H,7-10,12H2,(H,19,23). The first-order valence-corrected chi connectivity index (χ1v) is 7.90. The Hall–Kier alpha value is -3.07. The van der Waals surface area contributed by atoms with E-state index in [2.05, 4.69) is 20.2 Å². The molecule has 1 aromatic heterocycles. The highest BCUT2D eigenvalue weighted by atomic mass is 16.6. The molecule has 0 radical (unpaired) electrons. The van der Waals surface area contributed by atoms with Gasteiger partial charge in [-0.1, -0.05) is 6.07 Å². The number of carbonyl (C=O) groups is 1. The average molecular weight is 342 g/mol. The molecule has 130 valence electrons. The number of hydrogen-bond acceptors (Lipinski definition) is 7. The Labute approximate surface area is 144 Å². The van der Waals surface area contributed by atoms with Crippen LogP contribution in [0.25, 0.3) is 0 Å². The number of aromatic nitrogens is 2. The summed E-state index contributed by atoms with van der Waals surface area (Å²) in [5.74, 6) is 0.508. The molecule has 0 unspecified atom stereocenters. The van der Waals surface area contributed by atoms with E-state index in [1.807, 2.05) is 4.90 Å². The molecule has 2 heterocycles. The fourth-order valence-corrected chi connectivity index (χ4v) is 2.66. The van der Waals surface area contributed by atoms with Crippen LogP contribution >= 0.6 is 0 Å². The van der Waals surface area contributed by atoms with Crippen molar-refractivity contribution in [3.05, 3.63) is 52.8 Å². The zero-order valence-corrected chi connectivity index (χ0v) is 13.5. The molecule has 1 amide bonds. The minimum atomic E-state index is -0.486. The third kappa shape index (κ3) is 4.48. The molecule has 1 aliphatic rings. The van der Waals surface area contributed by atoms with Gasteiger partial charge in [-0.2, -0.15) is 0 Å². The summed E-state index contributed by atoms with van der Waals surface area (Å²) in [6.45, 7) is 3.18. The number of carbonyl (C=O) groups excluding carboxylic acids is 1. The fourth-order valence-electron chi connectivity index (χ4n) is 2.66. The number of nitro groups is 1. The summed E-state index contributed by atoms with van der Waals surface area (Å²) in [5, 5.41) is 13.5. The summed E-state index contributed by atoms with van der Waals surface area (Å²) in [6, 6.07) is 7.70. The lowest BCUT2D eigenvalue weighted by molar-refractivity contribution is -0.384. The van der Waals surface area contributed by atoms with E-state index < -0.39 is 4.92 Å². The van der Waals surface area contributed by atoms with E-state index in [1.54, 1.807) is 30.6 Å². The maximum Gasteiger partial charge on any atom is 0.271 e. The van der Waals surface area contributed by atoms with E-state index >= 15 is 0 Å². The topological polar surface area (TPSA) is 104 Å². The first-order chi connectivity index (χ1) is 12.1. The van der Waals surface area contributed by atoms with Crippen molar-refractivity contribution in [3.8, 4) is 0 Å². The zero-order valence-electron chi connectivity index (χ0n) is 13.5. The minimum absolute atomic E-state index is 0.0470. The van der Waals surface area contributed by atoms with Crippen LogP contribution in [0.4, 0.5) is 17.3 Å². The number of rotatable bonds is 5. The highest BCUT2D eigenvalue weighted by Gasteiger charge is 2.20. The van der Waals surface area contributed by atoms with Crippen LogP contribution in [-0.2, 0) is 4.79 Å².